The number of para-hydroxylation sites is 3. The van der Waals surface area contributed by atoms with Gasteiger partial charge in [-0.1, -0.05) is 110 Å². The smallest absolute Gasteiger partial charge is 0.257 e. The highest BCUT2D eigenvalue weighted by atomic mass is 16.2. The highest BCUT2D eigenvalue weighted by Crippen LogP contribution is 2.41. The topological polar surface area (TPSA) is 23.6 Å². The van der Waals surface area contributed by atoms with Crippen LogP contribution in [-0.2, 0) is 4.79 Å². The molecular formula is C42H36N2O. The SMILES string of the molecule is C=C(C)C(=O)N(c1ccc(-c2ccc(N(c3ccccc3)c3ccccc3C)cc2)c(-c2ccccc2)c1)c1ccccc1C. The van der Waals surface area contributed by atoms with Crippen molar-refractivity contribution in [2.75, 3.05) is 9.80 Å². The van der Waals surface area contributed by atoms with Gasteiger partial charge in [0.2, 0.25) is 0 Å². The van der Waals surface area contributed by atoms with Crippen LogP contribution < -0.4 is 9.80 Å². The minimum atomic E-state index is -0.127. The fraction of sp³-hybridized carbons (Fsp3) is 0.0714. The summed E-state index contributed by atoms with van der Waals surface area (Å²) in [6.45, 7) is 9.91. The summed E-state index contributed by atoms with van der Waals surface area (Å²) in [5.74, 6) is -0.127. The Balaban J connectivity index is 1.47. The Morgan fingerprint density at radius 3 is 1.60 bits per heavy atom. The number of hydrogen-bond donors (Lipinski definition) is 0. The van der Waals surface area contributed by atoms with Gasteiger partial charge < -0.3 is 4.90 Å². The first-order valence-corrected chi connectivity index (χ1v) is 15.2. The van der Waals surface area contributed by atoms with Crippen LogP contribution in [0.4, 0.5) is 28.4 Å². The van der Waals surface area contributed by atoms with Gasteiger partial charge in [-0.2, -0.15) is 0 Å². The predicted molar refractivity (Wildman–Crippen MR) is 190 cm³/mol. The van der Waals surface area contributed by atoms with Gasteiger partial charge >= 0.3 is 0 Å². The lowest BCUT2D eigenvalue weighted by molar-refractivity contribution is -0.114. The van der Waals surface area contributed by atoms with Gasteiger partial charge in [-0.25, -0.2) is 0 Å². The van der Waals surface area contributed by atoms with E-state index < -0.39 is 0 Å². The molecule has 0 saturated carbocycles. The molecule has 0 saturated heterocycles. The van der Waals surface area contributed by atoms with Gasteiger partial charge in [-0.3, -0.25) is 9.69 Å². The standard InChI is InChI=1S/C42H36N2O/c1-30(2)42(45)44(41-22-14-12-16-32(41)4)37-27-28-38(39(29-37)33-17-7-5-8-18-33)34-23-25-36(26-24-34)43(35-19-9-6-10-20-35)40-21-13-11-15-31(40)3/h5-29H,1H2,2-4H3. The molecule has 0 aromatic heterocycles. The molecule has 0 N–H and O–H groups in total. The monoisotopic (exact) mass is 584 g/mol. The Morgan fingerprint density at radius 1 is 0.511 bits per heavy atom. The number of benzene rings is 6. The maximum absolute atomic E-state index is 13.6. The van der Waals surface area contributed by atoms with Crippen LogP contribution >= 0.6 is 0 Å². The second-order valence-electron chi connectivity index (χ2n) is 11.3. The summed E-state index contributed by atoms with van der Waals surface area (Å²) in [7, 11) is 0. The normalized spacial score (nSPS) is 10.7. The first-order chi connectivity index (χ1) is 21.9. The first kappa shape index (κ1) is 29.4. The second-order valence-corrected chi connectivity index (χ2v) is 11.3. The van der Waals surface area contributed by atoms with E-state index in [1.807, 2.05) is 61.5 Å². The quantitative estimate of drug-likeness (QED) is 0.166. The van der Waals surface area contributed by atoms with Gasteiger partial charge in [-0.05, 0) is 103 Å². The lowest BCUT2D eigenvalue weighted by atomic mass is 9.93. The Labute approximate surface area is 266 Å². The molecule has 6 aromatic rings. The highest BCUT2D eigenvalue weighted by Gasteiger charge is 2.22. The van der Waals surface area contributed by atoms with Crippen LogP contribution in [0.5, 0.6) is 0 Å². The molecule has 6 aromatic carbocycles. The third-order valence-corrected chi connectivity index (χ3v) is 8.08. The average molecular weight is 585 g/mol. The summed E-state index contributed by atoms with van der Waals surface area (Å²) in [4.78, 5) is 17.6. The molecule has 0 radical (unpaired) electrons. The Bertz CT molecular complexity index is 1960. The van der Waals surface area contributed by atoms with Gasteiger partial charge in [0, 0.05) is 28.3 Å². The van der Waals surface area contributed by atoms with Crippen molar-refractivity contribution in [3.63, 3.8) is 0 Å². The van der Waals surface area contributed by atoms with Gasteiger partial charge in [0.25, 0.3) is 5.91 Å². The van der Waals surface area contributed by atoms with Crippen molar-refractivity contribution in [1.29, 1.82) is 0 Å². The summed E-state index contributed by atoms with van der Waals surface area (Å²) in [5.41, 5.74) is 12.0. The van der Waals surface area contributed by atoms with Crippen molar-refractivity contribution in [2.24, 2.45) is 0 Å². The zero-order valence-corrected chi connectivity index (χ0v) is 25.9. The molecule has 0 unspecified atom stereocenters. The maximum Gasteiger partial charge on any atom is 0.257 e. The van der Waals surface area contributed by atoms with Crippen LogP contribution in [0.25, 0.3) is 22.3 Å². The van der Waals surface area contributed by atoms with Crippen molar-refractivity contribution < 1.29 is 4.79 Å². The minimum Gasteiger partial charge on any atom is -0.310 e. The molecule has 45 heavy (non-hydrogen) atoms. The van der Waals surface area contributed by atoms with Crippen LogP contribution in [0, 0.1) is 13.8 Å². The molecule has 0 aliphatic rings. The van der Waals surface area contributed by atoms with E-state index >= 15 is 0 Å². The summed E-state index contributed by atoms with van der Waals surface area (Å²) in [6, 6.07) is 52.2. The molecule has 0 fully saturated rings. The fourth-order valence-electron chi connectivity index (χ4n) is 5.76. The van der Waals surface area contributed by atoms with Crippen LogP contribution in [0.2, 0.25) is 0 Å². The largest absolute Gasteiger partial charge is 0.310 e. The lowest BCUT2D eigenvalue weighted by Gasteiger charge is -2.27. The minimum absolute atomic E-state index is 0.127. The molecule has 1 amide bonds. The Morgan fingerprint density at radius 2 is 1.00 bits per heavy atom. The predicted octanol–water partition coefficient (Wildman–Crippen LogP) is 11.3. The van der Waals surface area contributed by atoms with Gasteiger partial charge in [0.15, 0.2) is 0 Å². The van der Waals surface area contributed by atoms with Crippen LogP contribution in [0.1, 0.15) is 18.1 Å². The third kappa shape index (κ3) is 6.07. The van der Waals surface area contributed by atoms with E-state index in [9.17, 15) is 4.79 Å². The molecule has 3 heteroatoms. The van der Waals surface area contributed by atoms with Gasteiger partial charge in [0.05, 0.1) is 5.69 Å². The van der Waals surface area contributed by atoms with Crippen LogP contribution in [-0.4, -0.2) is 5.91 Å². The number of rotatable bonds is 8. The molecule has 0 aliphatic heterocycles. The molecular weight excluding hydrogens is 548 g/mol. The molecule has 0 aliphatic carbocycles. The summed E-state index contributed by atoms with van der Waals surface area (Å²) in [5, 5.41) is 0. The fourth-order valence-corrected chi connectivity index (χ4v) is 5.76. The van der Waals surface area contributed by atoms with Crippen LogP contribution in [0.3, 0.4) is 0 Å². The van der Waals surface area contributed by atoms with Crippen molar-refractivity contribution in [3.8, 4) is 22.3 Å². The van der Waals surface area contributed by atoms with Crippen molar-refractivity contribution >= 4 is 34.3 Å². The summed E-state index contributed by atoms with van der Waals surface area (Å²) in [6.07, 6.45) is 0. The maximum atomic E-state index is 13.6. The number of amides is 1. The second kappa shape index (κ2) is 12.9. The van der Waals surface area contributed by atoms with Crippen molar-refractivity contribution in [3.05, 3.63) is 175 Å². The Kier molecular flexibility index (Phi) is 8.43. The van der Waals surface area contributed by atoms with Crippen molar-refractivity contribution in [2.45, 2.75) is 20.8 Å². The van der Waals surface area contributed by atoms with E-state index in [4.69, 9.17) is 0 Å². The molecule has 220 valence electrons. The van der Waals surface area contributed by atoms with E-state index in [-0.39, 0.29) is 5.91 Å². The van der Waals surface area contributed by atoms with Gasteiger partial charge in [0.1, 0.15) is 0 Å². The van der Waals surface area contributed by atoms with E-state index in [1.165, 1.54) is 5.56 Å². The lowest BCUT2D eigenvalue weighted by Crippen LogP contribution is -2.27. The number of hydrogen-bond acceptors (Lipinski definition) is 2. The summed E-state index contributed by atoms with van der Waals surface area (Å²) < 4.78 is 0. The van der Waals surface area contributed by atoms with E-state index in [2.05, 4.69) is 115 Å². The van der Waals surface area contributed by atoms with Crippen molar-refractivity contribution in [1.82, 2.24) is 0 Å². The van der Waals surface area contributed by atoms with Gasteiger partial charge in [-0.15, -0.1) is 0 Å². The van der Waals surface area contributed by atoms with E-state index in [1.54, 1.807) is 11.8 Å². The molecule has 0 bridgehead atoms. The number of carbonyl (C=O) groups is 1. The summed E-state index contributed by atoms with van der Waals surface area (Å²) >= 11 is 0. The molecule has 6 rings (SSSR count). The molecule has 0 heterocycles. The highest BCUT2D eigenvalue weighted by molar-refractivity contribution is 6.11. The zero-order valence-electron chi connectivity index (χ0n) is 25.9. The number of nitrogens with zero attached hydrogens (tertiary/aromatic N) is 2. The molecule has 0 atom stereocenters. The number of anilines is 5. The van der Waals surface area contributed by atoms with Crippen LogP contribution in [0.15, 0.2) is 164 Å². The first-order valence-electron chi connectivity index (χ1n) is 15.2. The molecule has 0 spiro atoms. The molecule has 3 nitrogen and oxygen atoms in total. The van der Waals surface area contributed by atoms with E-state index in [0.29, 0.717) is 5.57 Å². The zero-order chi connectivity index (χ0) is 31.3. The van der Waals surface area contributed by atoms with E-state index in [0.717, 1.165) is 56.3 Å². The Hall–Kier alpha value is -5.67. The number of aryl methyl sites for hydroxylation is 2. The average Bonchev–Trinajstić information content (AvgIpc) is 3.08. The third-order valence-electron chi connectivity index (χ3n) is 8.08. The number of carbonyl (C=O) groups excluding carboxylic acids is 1.